The van der Waals surface area contributed by atoms with Crippen molar-refractivity contribution in [2.24, 2.45) is 10.7 Å². The van der Waals surface area contributed by atoms with Crippen LogP contribution in [0.5, 0.6) is 5.75 Å². The van der Waals surface area contributed by atoms with Crippen molar-refractivity contribution >= 4 is 40.7 Å². The highest BCUT2D eigenvalue weighted by atomic mass is 127. The number of rotatable bonds is 8. The number of alkyl halides is 3. The van der Waals surface area contributed by atoms with Crippen molar-refractivity contribution in [2.45, 2.75) is 18.7 Å². The molecule has 28 heavy (non-hydrogen) atoms. The van der Waals surface area contributed by atoms with E-state index in [4.69, 9.17) is 5.73 Å². The van der Waals surface area contributed by atoms with E-state index in [2.05, 4.69) is 15.0 Å². The van der Waals surface area contributed by atoms with E-state index in [-0.39, 0.29) is 42.2 Å². The molecule has 0 aliphatic rings. The Morgan fingerprint density at radius 1 is 1.07 bits per heavy atom. The first-order chi connectivity index (χ1) is 12.8. The van der Waals surface area contributed by atoms with Gasteiger partial charge in [0.1, 0.15) is 5.75 Å². The van der Waals surface area contributed by atoms with E-state index in [0.717, 1.165) is 5.56 Å². The molecule has 5 nitrogen and oxygen atoms in total. The molecule has 154 valence electrons. The minimum Gasteiger partial charge on any atom is -0.406 e. The SMILES string of the molecule is I.NC(=NCc1ccc(OC(F)(F)F)cc1)NCCS(=O)Cc1ccccc1. The summed E-state index contributed by atoms with van der Waals surface area (Å²) in [7, 11) is -1.02. The molecule has 0 heterocycles. The molecular weight excluding hydrogens is 506 g/mol. The maximum atomic E-state index is 12.1. The summed E-state index contributed by atoms with van der Waals surface area (Å²) in [6, 6.07) is 14.9. The van der Waals surface area contributed by atoms with E-state index in [9.17, 15) is 17.4 Å². The molecule has 1 unspecified atom stereocenters. The first-order valence-corrected chi connectivity index (χ1v) is 9.58. The highest BCUT2D eigenvalue weighted by Gasteiger charge is 2.30. The number of nitrogens with zero attached hydrogens (tertiary/aromatic N) is 1. The van der Waals surface area contributed by atoms with Crippen LogP contribution < -0.4 is 15.8 Å². The van der Waals surface area contributed by atoms with Crippen LogP contribution in [0.3, 0.4) is 0 Å². The average molecular weight is 527 g/mol. The van der Waals surface area contributed by atoms with Crippen LogP contribution in [-0.4, -0.2) is 28.8 Å². The van der Waals surface area contributed by atoms with Gasteiger partial charge in [0, 0.05) is 28.9 Å². The molecule has 0 aliphatic heterocycles. The van der Waals surface area contributed by atoms with Crippen LogP contribution in [0, 0.1) is 0 Å². The number of hydrogen-bond acceptors (Lipinski definition) is 3. The van der Waals surface area contributed by atoms with Gasteiger partial charge in [0.05, 0.1) is 6.54 Å². The lowest BCUT2D eigenvalue weighted by Crippen LogP contribution is -2.34. The Labute approximate surface area is 181 Å². The summed E-state index contributed by atoms with van der Waals surface area (Å²) in [4.78, 5) is 4.10. The van der Waals surface area contributed by atoms with Crippen LogP contribution in [0.1, 0.15) is 11.1 Å². The number of nitrogens with two attached hydrogens (primary N) is 1. The summed E-state index contributed by atoms with van der Waals surface area (Å²) < 4.78 is 52.1. The van der Waals surface area contributed by atoms with Gasteiger partial charge < -0.3 is 15.8 Å². The van der Waals surface area contributed by atoms with Crippen LogP contribution in [0.4, 0.5) is 13.2 Å². The van der Waals surface area contributed by atoms with Crippen LogP contribution in [0.25, 0.3) is 0 Å². The van der Waals surface area contributed by atoms with Crippen molar-refractivity contribution in [2.75, 3.05) is 12.3 Å². The zero-order chi connectivity index (χ0) is 19.7. The van der Waals surface area contributed by atoms with E-state index in [1.165, 1.54) is 24.3 Å². The molecule has 0 saturated heterocycles. The Balaban J connectivity index is 0.00000392. The van der Waals surface area contributed by atoms with Crippen molar-refractivity contribution in [1.82, 2.24) is 5.32 Å². The number of aliphatic imine (C=N–C) groups is 1. The molecule has 0 bridgehead atoms. The fourth-order valence-corrected chi connectivity index (χ4v) is 3.19. The summed E-state index contributed by atoms with van der Waals surface area (Å²) >= 11 is 0. The highest BCUT2D eigenvalue weighted by molar-refractivity contribution is 14.0. The Morgan fingerprint density at radius 2 is 1.71 bits per heavy atom. The van der Waals surface area contributed by atoms with Crippen molar-refractivity contribution in [1.29, 1.82) is 0 Å². The van der Waals surface area contributed by atoms with Crippen molar-refractivity contribution in [3.63, 3.8) is 0 Å². The minimum atomic E-state index is -4.71. The second kappa shape index (κ2) is 11.9. The molecule has 2 rings (SSSR count). The molecule has 0 spiro atoms. The zero-order valence-corrected chi connectivity index (χ0v) is 18.0. The van der Waals surface area contributed by atoms with Crippen LogP contribution in [-0.2, 0) is 23.1 Å². The van der Waals surface area contributed by atoms with E-state index < -0.39 is 17.2 Å². The predicted molar refractivity (Wildman–Crippen MR) is 115 cm³/mol. The fourth-order valence-electron chi connectivity index (χ4n) is 2.15. The van der Waals surface area contributed by atoms with Gasteiger partial charge in [-0.2, -0.15) is 0 Å². The number of halogens is 4. The van der Waals surface area contributed by atoms with Gasteiger partial charge in [-0.3, -0.25) is 4.21 Å². The number of guanidine groups is 1. The van der Waals surface area contributed by atoms with E-state index in [0.29, 0.717) is 23.6 Å². The smallest absolute Gasteiger partial charge is 0.406 e. The molecule has 0 radical (unpaired) electrons. The largest absolute Gasteiger partial charge is 0.573 e. The number of hydrogen-bond donors (Lipinski definition) is 2. The van der Waals surface area contributed by atoms with Gasteiger partial charge >= 0.3 is 6.36 Å². The monoisotopic (exact) mass is 527 g/mol. The zero-order valence-electron chi connectivity index (χ0n) is 14.8. The Bertz CT molecular complexity index is 772. The summed E-state index contributed by atoms with van der Waals surface area (Å²) in [6.07, 6.45) is -4.71. The highest BCUT2D eigenvalue weighted by Crippen LogP contribution is 2.22. The van der Waals surface area contributed by atoms with Crippen molar-refractivity contribution in [3.05, 3.63) is 65.7 Å². The third kappa shape index (κ3) is 9.93. The second-order valence-electron chi connectivity index (χ2n) is 5.59. The first-order valence-electron chi connectivity index (χ1n) is 8.09. The van der Waals surface area contributed by atoms with E-state index >= 15 is 0 Å². The fraction of sp³-hybridized carbons (Fsp3) is 0.278. The van der Waals surface area contributed by atoms with Crippen LogP contribution in [0.15, 0.2) is 59.6 Å². The van der Waals surface area contributed by atoms with Gasteiger partial charge in [0.15, 0.2) is 5.96 Å². The molecule has 2 aromatic carbocycles. The van der Waals surface area contributed by atoms with Crippen LogP contribution in [0.2, 0.25) is 0 Å². The van der Waals surface area contributed by atoms with E-state index in [1.54, 1.807) is 0 Å². The normalized spacial score (nSPS) is 12.8. The Hall–Kier alpha value is -1.82. The van der Waals surface area contributed by atoms with Gasteiger partial charge in [0.2, 0.25) is 0 Å². The Morgan fingerprint density at radius 3 is 2.32 bits per heavy atom. The molecular formula is C18H21F3IN3O2S. The molecule has 0 aromatic heterocycles. The Kier molecular flexibility index (Phi) is 10.3. The molecule has 0 fully saturated rings. The van der Waals surface area contributed by atoms with Gasteiger partial charge in [-0.25, -0.2) is 4.99 Å². The van der Waals surface area contributed by atoms with Gasteiger partial charge in [-0.05, 0) is 23.3 Å². The molecule has 2 aromatic rings. The average Bonchev–Trinajstić information content (AvgIpc) is 2.61. The number of ether oxygens (including phenoxy) is 1. The van der Waals surface area contributed by atoms with E-state index in [1.807, 2.05) is 30.3 Å². The summed E-state index contributed by atoms with van der Waals surface area (Å²) in [6.45, 7) is 0.616. The van der Waals surface area contributed by atoms with Gasteiger partial charge in [0.25, 0.3) is 0 Å². The van der Waals surface area contributed by atoms with Crippen molar-refractivity contribution < 1.29 is 22.1 Å². The topological polar surface area (TPSA) is 76.7 Å². The summed E-state index contributed by atoms with van der Waals surface area (Å²) in [5.74, 6) is 0.796. The molecule has 10 heteroatoms. The summed E-state index contributed by atoms with van der Waals surface area (Å²) in [5.41, 5.74) is 7.43. The summed E-state index contributed by atoms with van der Waals surface area (Å²) in [5, 5.41) is 2.87. The third-order valence-electron chi connectivity index (χ3n) is 3.40. The molecule has 0 saturated carbocycles. The lowest BCUT2D eigenvalue weighted by Gasteiger charge is -2.09. The predicted octanol–water partition coefficient (Wildman–Crippen LogP) is 3.56. The number of nitrogens with one attached hydrogen (secondary N) is 1. The minimum absolute atomic E-state index is 0. The molecule has 0 amide bonds. The third-order valence-corrected chi connectivity index (χ3v) is 4.71. The molecule has 0 aliphatic carbocycles. The van der Waals surface area contributed by atoms with Crippen molar-refractivity contribution in [3.8, 4) is 5.75 Å². The maximum absolute atomic E-state index is 12.1. The number of benzene rings is 2. The first kappa shape index (κ1) is 24.2. The lowest BCUT2D eigenvalue weighted by atomic mass is 10.2. The van der Waals surface area contributed by atoms with Gasteiger partial charge in [-0.1, -0.05) is 42.5 Å². The second-order valence-corrected chi connectivity index (χ2v) is 7.17. The van der Waals surface area contributed by atoms with Crippen LogP contribution >= 0.6 is 24.0 Å². The van der Waals surface area contributed by atoms with Gasteiger partial charge in [-0.15, -0.1) is 37.1 Å². The standard InChI is InChI=1S/C18H20F3N3O2S.HI/c19-18(20,21)26-16-8-6-14(7-9-16)12-24-17(22)23-10-11-27(25)13-15-4-2-1-3-5-15;/h1-9H,10-13H2,(H3,22,23,24);1H. The quantitative estimate of drug-likeness (QED) is 0.313. The molecule has 3 N–H and O–H groups in total. The molecule has 1 atom stereocenters. The lowest BCUT2D eigenvalue weighted by molar-refractivity contribution is -0.274. The maximum Gasteiger partial charge on any atom is 0.573 e.